The summed E-state index contributed by atoms with van der Waals surface area (Å²) >= 11 is 0. The van der Waals surface area contributed by atoms with Crippen molar-refractivity contribution >= 4 is 11.8 Å². The summed E-state index contributed by atoms with van der Waals surface area (Å²) in [5, 5.41) is 6.28. The number of aromatic nitrogens is 2. The van der Waals surface area contributed by atoms with Crippen LogP contribution in [0.3, 0.4) is 0 Å². The first-order valence-electron chi connectivity index (χ1n) is 5.68. The average molecular weight is 222 g/mol. The fraction of sp³-hybridized carbons (Fsp3) is 0.667. The molecule has 0 unspecified atom stereocenters. The van der Waals surface area contributed by atoms with E-state index in [1.807, 2.05) is 20.0 Å². The second kappa shape index (κ2) is 5.14. The Morgan fingerprint density at radius 3 is 2.50 bits per heavy atom. The SMILES string of the molecule is CNc1nc(C)cc(NCCC(C)(C)C)n1. The van der Waals surface area contributed by atoms with Gasteiger partial charge in [0, 0.05) is 25.4 Å². The van der Waals surface area contributed by atoms with Crippen LogP contribution < -0.4 is 10.6 Å². The van der Waals surface area contributed by atoms with Gasteiger partial charge in [0.15, 0.2) is 0 Å². The van der Waals surface area contributed by atoms with E-state index in [1.165, 1.54) is 0 Å². The lowest BCUT2D eigenvalue weighted by Gasteiger charge is -2.18. The zero-order valence-corrected chi connectivity index (χ0v) is 10.9. The van der Waals surface area contributed by atoms with E-state index in [0.29, 0.717) is 11.4 Å². The minimum atomic E-state index is 0.348. The standard InChI is InChI=1S/C12H22N4/c1-9-8-10(16-11(13-5)15-9)14-7-6-12(2,3)4/h8H,6-7H2,1-5H3,(H2,13,14,15,16). The van der Waals surface area contributed by atoms with Crippen molar-refractivity contribution in [2.75, 3.05) is 24.2 Å². The van der Waals surface area contributed by atoms with Gasteiger partial charge in [-0.25, -0.2) is 4.98 Å². The number of nitrogens with zero attached hydrogens (tertiary/aromatic N) is 2. The van der Waals surface area contributed by atoms with Gasteiger partial charge in [-0.3, -0.25) is 0 Å². The van der Waals surface area contributed by atoms with Crippen LogP contribution in [0, 0.1) is 12.3 Å². The monoisotopic (exact) mass is 222 g/mol. The van der Waals surface area contributed by atoms with E-state index in [9.17, 15) is 0 Å². The van der Waals surface area contributed by atoms with Gasteiger partial charge in [0.05, 0.1) is 0 Å². The third kappa shape index (κ3) is 4.47. The maximum absolute atomic E-state index is 4.34. The third-order valence-electron chi connectivity index (χ3n) is 2.26. The predicted molar refractivity (Wildman–Crippen MR) is 68.9 cm³/mol. The Morgan fingerprint density at radius 2 is 1.94 bits per heavy atom. The van der Waals surface area contributed by atoms with Gasteiger partial charge < -0.3 is 10.6 Å². The molecule has 0 bridgehead atoms. The number of nitrogens with one attached hydrogen (secondary N) is 2. The molecular weight excluding hydrogens is 200 g/mol. The number of hydrogen-bond donors (Lipinski definition) is 2. The lowest BCUT2D eigenvalue weighted by atomic mass is 9.92. The first kappa shape index (κ1) is 12.7. The molecule has 1 heterocycles. The van der Waals surface area contributed by atoms with Crippen LogP contribution in [-0.2, 0) is 0 Å². The summed E-state index contributed by atoms with van der Waals surface area (Å²) in [4.78, 5) is 8.59. The molecular formula is C12H22N4. The average Bonchev–Trinajstić information content (AvgIpc) is 2.14. The van der Waals surface area contributed by atoms with E-state index in [4.69, 9.17) is 0 Å². The van der Waals surface area contributed by atoms with E-state index in [-0.39, 0.29) is 0 Å². The summed E-state index contributed by atoms with van der Waals surface area (Å²) < 4.78 is 0. The molecule has 0 aliphatic rings. The van der Waals surface area contributed by atoms with Gasteiger partial charge in [-0.15, -0.1) is 0 Å². The molecule has 1 rings (SSSR count). The highest BCUT2D eigenvalue weighted by atomic mass is 15.1. The fourth-order valence-corrected chi connectivity index (χ4v) is 1.34. The second-order valence-corrected chi connectivity index (χ2v) is 5.21. The van der Waals surface area contributed by atoms with Crippen molar-refractivity contribution in [1.82, 2.24) is 9.97 Å². The summed E-state index contributed by atoms with van der Waals surface area (Å²) in [7, 11) is 1.83. The van der Waals surface area contributed by atoms with Crippen LogP contribution >= 0.6 is 0 Å². The lowest BCUT2D eigenvalue weighted by molar-refractivity contribution is 0.389. The minimum absolute atomic E-state index is 0.348. The molecule has 0 saturated carbocycles. The van der Waals surface area contributed by atoms with E-state index >= 15 is 0 Å². The van der Waals surface area contributed by atoms with Crippen molar-refractivity contribution < 1.29 is 0 Å². The Labute approximate surface area is 97.9 Å². The highest BCUT2D eigenvalue weighted by molar-refractivity contribution is 5.41. The Bertz CT molecular complexity index is 341. The van der Waals surface area contributed by atoms with Crippen molar-refractivity contribution in [1.29, 1.82) is 0 Å². The normalized spacial score (nSPS) is 11.3. The zero-order chi connectivity index (χ0) is 12.2. The Kier molecular flexibility index (Phi) is 4.10. The molecule has 16 heavy (non-hydrogen) atoms. The number of hydrogen-bond acceptors (Lipinski definition) is 4. The molecule has 90 valence electrons. The zero-order valence-electron chi connectivity index (χ0n) is 10.9. The quantitative estimate of drug-likeness (QED) is 0.822. The number of aryl methyl sites for hydroxylation is 1. The minimum Gasteiger partial charge on any atom is -0.370 e. The first-order valence-corrected chi connectivity index (χ1v) is 5.68. The summed E-state index contributed by atoms with van der Waals surface area (Å²) in [6, 6.07) is 1.96. The Balaban J connectivity index is 2.57. The van der Waals surface area contributed by atoms with Crippen LogP contribution in [-0.4, -0.2) is 23.6 Å². The summed E-state index contributed by atoms with van der Waals surface area (Å²) in [5.41, 5.74) is 1.32. The van der Waals surface area contributed by atoms with Crippen LogP contribution in [0.2, 0.25) is 0 Å². The predicted octanol–water partition coefficient (Wildman–Crippen LogP) is 2.67. The van der Waals surface area contributed by atoms with Crippen LogP contribution in [0.4, 0.5) is 11.8 Å². The van der Waals surface area contributed by atoms with Crippen LogP contribution in [0.25, 0.3) is 0 Å². The molecule has 2 N–H and O–H groups in total. The van der Waals surface area contributed by atoms with Gasteiger partial charge in [0.1, 0.15) is 5.82 Å². The van der Waals surface area contributed by atoms with Gasteiger partial charge in [-0.2, -0.15) is 4.98 Å². The van der Waals surface area contributed by atoms with Crippen molar-refractivity contribution in [2.24, 2.45) is 5.41 Å². The maximum atomic E-state index is 4.34. The topological polar surface area (TPSA) is 49.8 Å². The van der Waals surface area contributed by atoms with E-state index in [0.717, 1.165) is 24.5 Å². The molecule has 0 fully saturated rings. The largest absolute Gasteiger partial charge is 0.370 e. The van der Waals surface area contributed by atoms with Gasteiger partial charge in [-0.1, -0.05) is 20.8 Å². The maximum Gasteiger partial charge on any atom is 0.224 e. The summed E-state index contributed by atoms with van der Waals surface area (Å²) in [6.07, 6.45) is 1.12. The van der Waals surface area contributed by atoms with Crippen molar-refractivity contribution in [3.05, 3.63) is 11.8 Å². The van der Waals surface area contributed by atoms with Crippen LogP contribution in [0.5, 0.6) is 0 Å². The van der Waals surface area contributed by atoms with E-state index < -0.39 is 0 Å². The van der Waals surface area contributed by atoms with Crippen LogP contribution in [0.15, 0.2) is 6.07 Å². The number of rotatable bonds is 4. The lowest BCUT2D eigenvalue weighted by Crippen LogP contribution is -2.14. The van der Waals surface area contributed by atoms with E-state index in [2.05, 4.69) is 41.4 Å². The molecule has 0 amide bonds. The molecule has 0 spiro atoms. The molecule has 0 radical (unpaired) electrons. The van der Waals surface area contributed by atoms with Gasteiger partial charge in [0.25, 0.3) is 0 Å². The Hall–Kier alpha value is -1.32. The highest BCUT2D eigenvalue weighted by Gasteiger charge is 2.09. The second-order valence-electron chi connectivity index (χ2n) is 5.21. The smallest absolute Gasteiger partial charge is 0.224 e. The fourth-order valence-electron chi connectivity index (χ4n) is 1.34. The van der Waals surface area contributed by atoms with E-state index in [1.54, 1.807) is 0 Å². The summed E-state index contributed by atoms with van der Waals surface area (Å²) in [5.74, 6) is 1.55. The van der Waals surface area contributed by atoms with Gasteiger partial charge in [-0.05, 0) is 18.8 Å². The molecule has 0 aromatic carbocycles. The Morgan fingerprint density at radius 1 is 1.25 bits per heavy atom. The number of anilines is 2. The first-order chi connectivity index (χ1) is 7.40. The molecule has 1 aromatic heterocycles. The van der Waals surface area contributed by atoms with Crippen molar-refractivity contribution in [3.8, 4) is 0 Å². The molecule has 4 nitrogen and oxygen atoms in total. The summed E-state index contributed by atoms with van der Waals surface area (Å²) in [6.45, 7) is 9.61. The van der Waals surface area contributed by atoms with Crippen molar-refractivity contribution in [2.45, 2.75) is 34.1 Å². The van der Waals surface area contributed by atoms with Gasteiger partial charge in [0.2, 0.25) is 5.95 Å². The highest BCUT2D eigenvalue weighted by Crippen LogP contribution is 2.18. The van der Waals surface area contributed by atoms with Crippen molar-refractivity contribution in [3.63, 3.8) is 0 Å². The van der Waals surface area contributed by atoms with Crippen LogP contribution in [0.1, 0.15) is 32.9 Å². The molecule has 0 aliphatic heterocycles. The van der Waals surface area contributed by atoms with Gasteiger partial charge >= 0.3 is 0 Å². The molecule has 1 aromatic rings. The third-order valence-corrected chi connectivity index (χ3v) is 2.26. The molecule has 4 heteroatoms. The molecule has 0 atom stereocenters. The molecule has 0 saturated heterocycles. The molecule has 0 aliphatic carbocycles.